The first kappa shape index (κ1) is 20.6. The van der Waals surface area contributed by atoms with E-state index in [0.717, 1.165) is 5.52 Å². The standard InChI is InChI=1S/C35H23N/c1-2-9-24(10-3-1)26-16-19-27(20-17-26)33-30-13-6-7-14-31(30)34(35-32(33)15-8-22-36-35)29-21-18-25-11-4-5-12-28(25)23-29/h1-23H. The van der Waals surface area contributed by atoms with E-state index in [1.165, 1.54) is 60.3 Å². The molecule has 168 valence electrons. The van der Waals surface area contributed by atoms with E-state index in [-0.39, 0.29) is 0 Å². The molecule has 36 heavy (non-hydrogen) atoms. The van der Waals surface area contributed by atoms with E-state index >= 15 is 0 Å². The maximum Gasteiger partial charge on any atom is 0.0792 e. The molecular formula is C35H23N. The van der Waals surface area contributed by atoms with Crippen LogP contribution < -0.4 is 0 Å². The van der Waals surface area contributed by atoms with Crippen molar-refractivity contribution in [3.8, 4) is 33.4 Å². The van der Waals surface area contributed by atoms with Gasteiger partial charge in [-0.25, -0.2) is 0 Å². The second-order valence-corrected chi connectivity index (χ2v) is 9.20. The molecule has 0 saturated heterocycles. The summed E-state index contributed by atoms with van der Waals surface area (Å²) in [5.41, 5.74) is 8.31. The molecule has 1 nitrogen and oxygen atoms in total. The molecule has 0 aliphatic carbocycles. The molecule has 0 N–H and O–H groups in total. The maximum atomic E-state index is 4.94. The second kappa shape index (κ2) is 8.48. The first-order valence-corrected chi connectivity index (χ1v) is 12.3. The van der Waals surface area contributed by atoms with Crippen molar-refractivity contribution < 1.29 is 0 Å². The molecule has 0 unspecified atom stereocenters. The van der Waals surface area contributed by atoms with Gasteiger partial charge in [0.25, 0.3) is 0 Å². The Morgan fingerprint density at radius 3 is 1.75 bits per heavy atom. The lowest BCUT2D eigenvalue weighted by molar-refractivity contribution is 1.42. The number of pyridine rings is 1. The third-order valence-corrected chi connectivity index (χ3v) is 7.10. The summed E-state index contributed by atoms with van der Waals surface area (Å²) in [7, 11) is 0. The minimum atomic E-state index is 1.04. The molecule has 0 bridgehead atoms. The first-order valence-electron chi connectivity index (χ1n) is 12.3. The smallest absolute Gasteiger partial charge is 0.0792 e. The Morgan fingerprint density at radius 2 is 0.944 bits per heavy atom. The number of hydrogen-bond donors (Lipinski definition) is 0. The predicted octanol–water partition coefficient (Wildman–Crippen LogP) is 9.54. The molecular weight excluding hydrogens is 434 g/mol. The Labute approximate surface area is 210 Å². The Hall–Kier alpha value is -4.75. The SMILES string of the molecule is c1ccc(-c2ccc(-c3c4ccccc4c(-c4ccc5ccccc5c4)c4ncccc34)cc2)cc1. The highest BCUT2D eigenvalue weighted by atomic mass is 14.7. The van der Waals surface area contributed by atoms with E-state index in [1.54, 1.807) is 0 Å². The van der Waals surface area contributed by atoms with Gasteiger partial charge in [-0.15, -0.1) is 0 Å². The Balaban J connectivity index is 1.50. The number of fused-ring (bicyclic) bond motifs is 3. The average molecular weight is 458 g/mol. The van der Waals surface area contributed by atoms with Crippen LogP contribution in [0, 0.1) is 0 Å². The van der Waals surface area contributed by atoms with Crippen molar-refractivity contribution in [3.05, 3.63) is 140 Å². The summed E-state index contributed by atoms with van der Waals surface area (Å²) in [6.07, 6.45) is 1.91. The van der Waals surface area contributed by atoms with Gasteiger partial charge in [0.1, 0.15) is 0 Å². The highest BCUT2D eigenvalue weighted by molar-refractivity contribution is 6.20. The molecule has 1 heterocycles. The Bertz CT molecular complexity index is 1810. The Morgan fingerprint density at radius 1 is 0.361 bits per heavy atom. The zero-order valence-electron chi connectivity index (χ0n) is 19.7. The molecule has 1 aromatic heterocycles. The van der Waals surface area contributed by atoms with Crippen LogP contribution in [-0.2, 0) is 0 Å². The van der Waals surface area contributed by atoms with Crippen LogP contribution in [0.15, 0.2) is 140 Å². The van der Waals surface area contributed by atoms with Crippen LogP contribution in [-0.4, -0.2) is 4.98 Å². The zero-order valence-corrected chi connectivity index (χ0v) is 19.7. The van der Waals surface area contributed by atoms with E-state index < -0.39 is 0 Å². The lowest BCUT2D eigenvalue weighted by Crippen LogP contribution is -1.92. The number of hydrogen-bond acceptors (Lipinski definition) is 1. The molecule has 0 spiro atoms. The lowest BCUT2D eigenvalue weighted by Gasteiger charge is -2.17. The summed E-state index contributed by atoms with van der Waals surface area (Å²) in [4.78, 5) is 4.94. The van der Waals surface area contributed by atoms with Crippen LogP contribution in [0.4, 0.5) is 0 Å². The largest absolute Gasteiger partial charge is 0.256 e. The second-order valence-electron chi connectivity index (χ2n) is 9.20. The van der Waals surface area contributed by atoms with Crippen molar-refractivity contribution in [2.45, 2.75) is 0 Å². The molecule has 1 heteroatoms. The first-order chi connectivity index (χ1) is 17.9. The summed E-state index contributed by atoms with van der Waals surface area (Å²) in [5.74, 6) is 0. The van der Waals surface area contributed by atoms with E-state index in [2.05, 4.69) is 127 Å². The minimum absolute atomic E-state index is 1.04. The molecule has 0 atom stereocenters. The number of rotatable bonds is 3. The van der Waals surface area contributed by atoms with Crippen molar-refractivity contribution in [2.24, 2.45) is 0 Å². The quantitative estimate of drug-likeness (QED) is 0.241. The van der Waals surface area contributed by atoms with Gasteiger partial charge >= 0.3 is 0 Å². The molecule has 0 radical (unpaired) electrons. The average Bonchev–Trinajstić information content (AvgIpc) is 2.96. The number of benzene rings is 6. The minimum Gasteiger partial charge on any atom is -0.256 e. The maximum absolute atomic E-state index is 4.94. The van der Waals surface area contributed by atoms with Gasteiger partial charge in [-0.3, -0.25) is 4.98 Å². The predicted molar refractivity (Wildman–Crippen MR) is 153 cm³/mol. The van der Waals surface area contributed by atoms with Gasteiger partial charge in [0.2, 0.25) is 0 Å². The summed E-state index contributed by atoms with van der Waals surface area (Å²) < 4.78 is 0. The molecule has 7 rings (SSSR count). The number of nitrogens with zero attached hydrogens (tertiary/aromatic N) is 1. The highest BCUT2D eigenvalue weighted by Gasteiger charge is 2.17. The zero-order chi connectivity index (χ0) is 23.9. The van der Waals surface area contributed by atoms with Gasteiger partial charge in [0.15, 0.2) is 0 Å². The third kappa shape index (κ3) is 3.37. The molecule has 0 saturated carbocycles. The van der Waals surface area contributed by atoms with Crippen molar-refractivity contribution >= 4 is 32.4 Å². The topological polar surface area (TPSA) is 12.9 Å². The summed E-state index contributed by atoms with van der Waals surface area (Å²) >= 11 is 0. The fourth-order valence-corrected chi connectivity index (χ4v) is 5.41. The van der Waals surface area contributed by atoms with Crippen LogP contribution in [0.3, 0.4) is 0 Å². The van der Waals surface area contributed by atoms with Gasteiger partial charge in [-0.05, 0) is 61.5 Å². The van der Waals surface area contributed by atoms with Crippen LogP contribution in [0.5, 0.6) is 0 Å². The molecule has 7 aromatic rings. The van der Waals surface area contributed by atoms with Crippen molar-refractivity contribution in [1.29, 1.82) is 0 Å². The lowest BCUT2D eigenvalue weighted by atomic mass is 9.87. The molecule has 0 aliphatic heterocycles. The molecule has 0 fully saturated rings. The van der Waals surface area contributed by atoms with Crippen LogP contribution in [0.1, 0.15) is 0 Å². The summed E-state index contributed by atoms with van der Waals surface area (Å²) in [6, 6.07) is 47.7. The van der Waals surface area contributed by atoms with Crippen LogP contribution >= 0.6 is 0 Å². The Kier molecular flexibility index (Phi) is 4.85. The molecule has 6 aromatic carbocycles. The van der Waals surface area contributed by atoms with E-state index in [4.69, 9.17) is 4.98 Å². The molecule has 0 amide bonds. The van der Waals surface area contributed by atoms with Crippen molar-refractivity contribution in [2.75, 3.05) is 0 Å². The monoisotopic (exact) mass is 457 g/mol. The summed E-state index contributed by atoms with van der Waals surface area (Å²) in [5, 5.41) is 6.13. The van der Waals surface area contributed by atoms with E-state index in [9.17, 15) is 0 Å². The van der Waals surface area contributed by atoms with Gasteiger partial charge in [0, 0.05) is 17.1 Å². The van der Waals surface area contributed by atoms with E-state index in [1.807, 2.05) is 12.3 Å². The fraction of sp³-hybridized carbons (Fsp3) is 0. The summed E-state index contributed by atoms with van der Waals surface area (Å²) in [6.45, 7) is 0. The highest BCUT2D eigenvalue weighted by Crippen LogP contribution is 2.43. The normalized spacial score (nSPS) is 11.3. The van der Waals surface area contributed by atoms with Crippen molar-refractivity contribution in [1.82, 2.24) is 4.98 Å². The van der Waals surface area contributed by atoms with E-state index in [0.29, 0.717) is 0 Å². The third-order valence-electron chi connectivity index (χ3n) is 7.10. The van der Waals surface area contributed by atoms with Crippen LogP contribution in [0.25, 0.3) is 65.8 Å². The van der Waals surface area contributed by atoms with Gasteiger partial charge in [-0.1, -0.05) is 121 Å². The molecule has 0 aliphatic rings. The van der Waals surface area contributed by atoms with Gasteiger partial charge in [-0.2, -0.15) is 0 Å². The van der Waals surface area contributed by atoms with Crippen molar-refractivity contribution in [3.63, 3.8) is 0 Å². The number of aromatic nitrogens is 1. The van der Waals surface area contributed by atoms with Gasteiger partial charge < -0.3 is 0 Å². The van der Waals surface area contributed by atoms with Crippen LogP contribution in [0.2, 0.25) is 0 Å². The van der Waals surface area contributed by atoms with Gasteiger partial charge in [0.05, 0.1) is 5.52 Å². The fourth-order valence-electron chi connectivity index (χ4n) is 5.41.